The topological polar surface area (TPSA) is 133 Å². The molecule has 9 heteroatoms. The summed E-state index contributed by atoms with van der Waals surface area (Å²) in [5, 5.41) is 27.3. The molecule has 3 unspecified atom stereocenters. The molecule has 0 aromatic carbocycles. The lowest BCUT2D eigenvalue weighted by Crippen LogP contribution is -2.42. The molecule has 2 rings (SSSR count). The summed E-state index contributed by atoms with van der Waals surface area (Å²) in [7, 11) is 0. The summed E-state index contributed by atoms with van der Waals surface area (Å²) in [5.41, 5.74) is 0. The van der Waals surface area contributed by atoms with Crippen molar-refractivity contribution in [1.29, 1.82) is 0 Å². The molecule has 4 N–H and O–H groups in total. The Hall–Kier alpha value is -2.45. The number of carboxylic acids is 1. The van der Waals surface area contributed by atoms with Gasteiger partial charge in [0.25, 0.3) is 0 Å². The van der Waals surface area contributed by atoms with Gasteiger partial charge in [0.2, 0.25) is 0 Å². The lowest BCUT2D eigenvalue weighted by molar-refractivity contribution is -0.140. The first-order chi connectivity index (χ1) is 9.06. The number of nitrogens with one attached hydrogen (secondary N) is 3. The van der Waals surface area contributed by atoms with E-state index in [-0.39, 0.29) is 12.1 Å². The number of carbonyl (C=O) groups is 2. The molecule has 0 fully saturated rings. The van der Waals surface area contributed by atoms with Crippen LogP contribution in [0.3, 0.4) is 0 Å². The number of aromatic nitrogens is 4. The van der Waals surface area contributed by atoms with E-state index in [0.717, 1.165) is 0 Å². The number of hydrogen-bond acceptors (Lipinski definition) is 5. The molecular weight excluding hydrogens is 252 g/mol. The number of H-pyrrole nitrogens is 1. The first kappa shape index (κ1) is 13.0. The van der Waals surface area contributed by atoms with Crippen LogP contribution in [0, 0.1) is 5.92 Å². The van der Waals surface area contributed by atoms with E-state index in [1.54, 1.807) is 19.1 Å². The molecule has 2 amide bonds. The van der Waals surface area contributed by atoms with Crippen LogP contribution in [0.2, 0.25) is 0 Å². The highest BCUT2D eigenvalue weighted by atomic mass is 16.4. The fraction of sp³-hybridized carbons (Fsp3) is 0.500. The molecule has 0 spiro atoms. The molecule has 1 aliphatic carbocycles. The van der Waals surface area contributed by atoms with Gasteiger partial charge in [0.05, 0.1) is 18.0 Å². The Balaban J connectivity index is 1.80. The molecule has 0 saturated heterocycles. The average Bonchev–Trinajstić information content (AvgIpc) is 2.98. The van der Waals surface area contributed by atoms with Crippen molar-refractivity contribution in [3.63, 3.8) is 0 Å². The van der Waals surface area contributed by atoms with Gasteiger partial charge >= 0.3 is 12.0 Å². The lowest BCUT2D eigenvalue weighted by atomic mass is 10.1. The van der Waals surface area contributed by atoms with Gasteiger partial charge in [0.1, 0.15) is 0 Å². The highest BCUT2D eigenvalue weighted by Gasteiger charge is 2.25. The second-order valence-corrected chi connectivity index (χ2v) is 4.28. The van der Waals surface area contributed by atoms with Gasteiger partial charge in [0.15, 0.2) is 5.82 Å². The number of aliphatic carboxylic acids is 1. The minimum Gasteiger partial charge on any atom is -0.481 e. The number of hydrogen-bond donors (Lipinski definition) is 4. The van der Waals surface area contributed by atoms with Crippen LogP contribution in [0.4, 0.5) is 4.79 Å². The maximum absolute atomic E-state index is 11.7. The standard InChI is InChI=1S/C10H14N6O3/c1-5(8-13-15-16-14-8)11-10(19)12-7-3-2-6(4-7)9(17)18/h2-3,5-7H,4H2,1H3,(H,17,18)(H2,11,12,19)(H,13,14,15,16). The predicted molar refractivity (Wildman–Crippen MR) is 62.9 cm³/mol. The number of nitrogens with zero attached hydrogens (tertiary/aromatic N) is 3. The van der Waals surface area contributed by atoms with Crippen molar-refractivity contribution in [3.05, 3.63) is 18.0 Å². The maximum Gasteiger partial charge on any atom is 0.315 e. The molecule has 9 nitrogen and oxygen atoms in total. The molecule has 0 saturated carbocycles. The van der Waals surface area contributed by atoms with Gasteiger partial charge in [-0.15, -0.1) is 10.2 Å². The van der Waals surface area contributed by atoms with Gasteiger partial charge in [-0.25, -0.2) is 4.79 Å². The monoisotopic (exact) mass is 266 g/mol. The van der Waals surface area contributed by atoms with Crippen LogP contribution in [-0.4, -0.2) is 43.8 Å². The van der Waals surface area contributed by atoms with E-state index in [1.807, 2.05) is 0 Å². The van der Waals surface area contributed by atoms with Crippen molar-refractivity contribution >= 4 is 12.0 Å². The maximum atomic E-state index is 11.7. The van der Waals surface area contributed by atoms with Gasteiger partial charge in [-0.1, -0.05) is 17.4 Å². The Kier molecular flexibility index (Phi) is 3.74. The van der Waals surface area contributed by atoms with Crippen LogP contribution in [-0.2, 0) is 4.79 Å². The first-order valence-electron chi connectivity index (χ1n) is 5.77. The van der Waals surface area contributed by atoms with Gasteiger partial charge in [0, 0.05) is 0 Å². The van der Waals surface area contributed by atoms with Crippen molar-refractivity contribution in [2.45, 2.75) is 25.4 Å². The molecule has 1 aromatic rings. The van der Waals surface area contributed by atoms with E-state index in [1.165, 1.54) is 0 Å². The molecule has 1 aromatic heterocycles. The molecule has 0 radical (unpaired) electrons. The fourth-order valence-corrected chi connectivity index (χ4v) is 1.81. The first-order valence-corrected chi connectivity index (χ1v) is 5.77. The number of tetrazole rings is 1. The van der Waals surface area contributed by atoms with Gasteiger partial charge in [-0.05, 0) is 13.3 Å². The molecular formula is C10H14N6O3. The Morgan fingerprint density at radius 3 is 2.89 bits per heavy atom. The second kappa shape index (κ2) is 5.46. The SMILES string of the molecule is CC(NC(=O)NC1C=CC(C(=O)O)C1)c1nn[nH]n1. The van der Waals surface area contributed by atoms with Gasteiger partial charge in [-0.2, -0.15) is 5.21 Å². The minimum atomic E-state index is -0.888. The minimum absolute atomic E-state index is 0.279. The van der Waals surface area contributed by atoms with E-state index < -0.39 is 17.9 Å². The summed E-state index contributed by atoms with van der Waals surface area (Å²) < 4.78 is 0. The molecule has 19 heavy (non-hydrogen) atoms. The van der Waals surface area contributed by atoms with Crippen LogP contribution < -0.4 is 10.6 Å². The lowest BCUT2D eigenvalue weighted by Gasteiger charge is -2.15. The third kappa shape index (κ3) is 3.27. The molecule has 0 bridgehead atoms. The molecule has 0 aliphatic heterocycles. The molecule has 1 heterocycles. The number of aromatic amines is 1. The fourth-order valence-electron chi connectivity index (χ4n) is 1.81. The van der Waals surface area contributed by atoms with Gasteiger partial charge < -0.3 is 15.7 Å². The Bertz CT molecular complexity index is 485. The van der Waals surface area contributed by atoms with E-state index in [9.17, 15) is 9.59 Å². The Labute approximate surface area is 108 Å². The number of carboxylic acid groups (broad SMARTS) is 1. The van der Waals surface area contributed by atoms with Crippen molar-refractivity contribution < 1.29 is 14.7 Å². The van der Waals surface area contributed by atoms with Gasteiger partial charge in [-0.3, -0.25) is 4.79 Å². The summed E-state index contributed by atoms with van der Waals surface area (Å²) in [6.45, 7) is 1.72. The van der Waals surface area contributed by atoms with E-state index in [4.69, 9.17) is 5.11 Å². The average molecular weight is 266 g/mol. The van der Waals surface area contributed by atoms with Crippen molar-refractivity contribution in [1.82, 2.24) is 31.3 Å². The van der Waals surface area contributed by atoms with Crippen LogP contribution in [0.1, 0.15) is 25.2 Å². The number of amides is 2. The zero-order valence-corrected chi connectivity index (χ0v) is 10.2. The van der Waals surface area contributed by atoms with Crippen LogP contribution in [0.25, 0.3) is 0 Å². The third-order valence-corrected chi connectivity index (χ3v) is 2.81. The highest BCUT2D eigenvalue weighted by Crippen LogP contribution is 2.17. The number of rotatable bonds is 4. The van der Waals surface area contributed by atoms with Crippen molar-refractivity contribution in [2.75, 3.05) is 0 Å². The predicted octanol–water partition coefficient (Wildman–Crippen LogP) is -0.411. The summed E-state index contributed by atoms with van der Waals surface area (Å²) >= 11 is 0. The molecule has 102 valence electrons. The quantitative estimate of drug-likeness (QED) is 0.547. The second-order valence-electron chi connectivity index (χ2n) is 4.28. The normalized spacial score (nSPS) is 23.0. The van der Waals surface area contributed by atoms with Crippen LogP contribution in [0.15, 0.2) is 12.2 Å². The van der Waals surface area contributed by atoms with E-state index in [2.05, 4.69) is 31.3 Å². The zero-order chi connectivity index (χ0) is 13.8. The number of carbonyl (C=O) groups excluding carboxylic acids is 1. The Morgan fingerprint density at radius 2 is 2.32 bits per heavy atom. The van der Waals surface area contributed by atoms with Crippen molar-refractivity contribution in [3.8, 4) is 0 Å². The summed E-state index contributed by atoms with van der Waals surface area (Å²) in [6, 6.07) is -1.07. The largest absolute Gasteiger partial charge is 0.481 e. The highest BCUT2D eigenvalue weighted by molar-refractivity contribution is 5.76. The van der Waals surface area contributed by atoms with Crippen molar-refractivity contribution in [2.24, 2.45) is 5.92 Å². The smallest absolute Gasteiger partial charge is 0.315 e. The van der Waals surface area contributed by atoms with E-state index >= 15 is 0 Å². The summed E-state index contributed by atoms with van der Waals surface area (Å²) in [4.78, 5) is 22.5. The van der Waals surface area contributed by atoms with E-state index in [0.29, 0.717) is 12.2 Å². The molecule has 3 atom stereocenters. The van der Waals surface area contributed by atoms with Crippen LogP contribution in [0.5, 0.6) is 0 Å². The molecule has 1 aliphatic rings. The summed E-state index contributed by atoms with van der Waals surface area (Å²) in [6.07, 6.45) is 3.62. The van der Waals surface area contributed by atoms with Crippen LogP contribution >= 0.6 is 0 Å². The summed E-state index contributed by atoms with van der Waals surface area (Å²) in [5.74, 6) is -1.05. The third-order valence-electron chi connectivity index (χ3n) is 2.81. The number of urea groups is 1. The Morgan fingerprint density at radius 1 is 1.53 bits per heavy atom. The zero-order valence-electron chi connectivity index (χ0n) is 10.2.